The predicted octanol–water partition coefficient (Wildman–Crippen LogP) is 0.302. The number of carbonyl (C=O) groups is 1. The van der Waals surface area contributed by atoms with E-state index in [1.165, 1.54) is 7.11 Å². The van der Waals surface area contributed by atoms with E-state index < -0.39 is 0 Å². The number of nitrogens with one attached hydrogen (secondary N) is 1. The maximum Gasteiger partial charge on any atom is 0.247 e. The SMILES string of the molecule is CONC(=O)Cc1cccnc1. The molecule has 0 saturated carbocycles. The zero-order valence-corrected chi connectivity index (χ0v) is 6.78. The lowest BCUT2D eigenvalue weighted by Gasteiger charge is -2.00. The summed E-state index contributed by atoms with van der Waals surface area (Å²) in [5.41, 5.74) is 3.09. The van der Waals surface area contributed by atoms with Crippen molar-refractivity contribution in [3.8, 4) is 0 Å². The second-order valence-corrected chi connectivity index (χ2v) is 2.27. The predicted molar refractivity (Wildman–Crippen MR) is 43.1 cm³/mol. The summed E-state index contributed by atoms with van der Waals surface area (Å²) in [7, 11) is 1.40. The van der Waals surface area contributed by atoms with Gasteiger partial charge in [-0.2, -0.15) is 0 Å². The Morgan fingerprint density at radius 1 is 1.75 bits per heavy atom. The highest BCUT2D eigenvalue weighted by Gasteiger charge is 2.00. The Bertz CT molecular complexity index is 248. The van der Waals surface area contributed by atoms with E-state index in [1.54, 1.807) is 18.5 Å². The normalized spacial score (nSPS) is 9.42. The number of nitrogens with zero attached hydrogens (tertiary/aromatic N) is 1. The number of carbonyl (C=O) groups excluding carboxylic acids is 1. The first kappa shape index (κ1) is 8.67. The van der Waals surface area contributed by atoms with Crippen molar-refractivity contribution < 1.29 is 9.63 Å². The lowest BCUT2D eigenvalue weighted by atomic mass is 10.2. The van der Waals surface area contributed by atoms with Gasteiger partial charge in [0.2, 0.25) is 5.91 Å². The molecular weight excluding hydrogens is 156 g/mol. The smallest absolute Gasteiger partial charge is 0.247 e. The lowest BCUT2D eigenvalue weighted by Crippen LogP contribution is -2.23. The van der Waals surface area contributed by atoms with Crippen LogP contribution in [-0.4, -0.2) is 18.0 Å². The third kappa shape index (κ3) is 2.67. The molecular formula is C8H10N2O2. The van der Waals surface area contributed by atoms with Crippen molar-refractivity contribution in [2.75, 3.05) is 7.11 Å². The molecule has 0 fully saturated rings. The van der Waals surface area contributed by atoms with Crippen LogP contribution in [0, 0.1) is 0 Å². The number of pyridine rings is 1. The topological polar surface area (TPSA) is 51.2 Å². The minimum atomic E-state index is -0.175. The summed E-state index contributed by atoms with van der Waals surface area (Å²) in [4.78, 5) is 19.3. The number of amides is 1. The van der Waals surface area contributed by atoms with Gasteiger partial charge in [-0.3, -0.25) is 14.6 Å². The molecule has 0 unspecified atom stereocenters. The average molecular weight is 166 g/mol. The summed E-state index contributed by atoms with van der Waals surface area (Å²) in [5.74, 6) is -0.175. The maximum absolute atomic E-state index is 10.9. The van der Waals surface area contributed by atoms with Crippen molar-refractivity contribution in [1.82, 2.24) is 10.5 Å². The molecule has 0 radical (unpaired) electrons. The van der Waals surface area contributed by atoms with Crippen LogP contribution in [-0.2, 0) is 16.1 Å². The summed E-state index contributed by atoms with van der Waals surface area (Å²) in [6.07, 6.45) is 3.61. The molecule has 1 amide bonds. The van der Waals surface area contributed by atoms with Crippen LogP contribution in [0.2, 0.25) is 0 Å². The summed E-state index contributed by atoms with van der Waals surface area (Å²) in [6.45, 7) is 0. The standard InChI is InChI=1S/C8H10N2O2/c1-12-10-8(11)5-7-3-2-4-9-6-7/h2-4,6H,5H2,1H3,(H,10,11). The molecule has 1 N–H and O–H groups in total. The molecule has 64 valence electrons. The molecule has 4 nitrogen and oxygen atoms in total. The fourth-order valence-corrected chi connectivity index (χ4v) is 0.838. The van der Waals surface area contributed by atoms with Gasteiger partial charge in [0.25, 0.3) is 0 Å². The van der Waals surface area contributed by atoms with Crippen molar-refractivity contribution in [3.05, 3.63) is 30.1 Å². The van der Waals surface area contributed by atoms with Crippen LogP contribution in [0.4, 0.5) is 0 Å². The number of hydroxylamine groups is 1. The largest absolute Gasteiger partial charge is 0.277 e. The third-order valence-corrected chi connectivity index (χ3v) is 1.30. The Morgan fingerprint density at radius 2 is 2.58 bits per heavy atom. The van der Waals surface area contributed by atoms with E-state index >= 15 is 0 Å². The molecule has 0 atom stereocenters. The van der Waals surface area contributed by atoms with Crippen molar-refractivity contribution in [2.45, 2.75) is 6.42 Å². The molecule has 0 aliphatic rings. The third-order valence-electron chi connectivity index (χ3n) is 1.30. The molecule has 1 aromatic rings. The van der Waals surface area contributed by atoms with Crippen LogP contribution < -0.4 is 5.48 Å². The van der Waals surface area contributed by atoms with Crippen molar-refractivity contribution >= 4 is 5.91 Å². The quantitative estimate of drug-likeness (QED) is 0.657. The zero-order valence-electron chi connectivity index (χ0n) is 6.78. The van der Waals surface area contributed by atoms with Crippen molar-refractivity contribution in [3.63, 3.8) is 0 Å². The van der Waals surface area contributed by atoms with Gasteiger partial charge in [-0.15, -0.1) is 0 Å². The van der Waals surface area contributed by atoms with E-state index in [0.29, 0.717) is 6.42 Å². The minimum absolute atomic E-state index is 0.175. The lowest BCUT2D eigenvalue weighted by molar-refractivity contribution is -0.130. The van der Waals surface area contributed by atoms with Crippen molar-refractivity contribution in [2.24, 2.45) is 0 Å². The highest BCUT2D eigenvalue weighted by atomic mass is 16.6. The van der Waals surface area contributed by atoms with Crippen LogP contribution >= 0.6 is 0 Å². The second kappa shape index (κ2) is 4.46. The highest BCUT2D eigenvalue weighted by Crippen LogP contribution is 1.95. The average Bonchev–Trinajstić information content (AvgIpc) is 2.06. The van der Waals surface area contributed by atoms with Gasteiger partial charge in [-0.25, -0.2) is 5.48 Å². The first-order chi connectivity index (χ1) is 5.83. The first-order valence-corrected chi connectivity index (χ1v) is 3.53. The molecule has 0 aliphatic heterocycles. The van der Waals surface area contributed by atoms with Crippen LogP contribution in [0.1, 0.15) is 5.56 Å². The van der Waals surface area contributed by atoms with Crippen LogP contribution in [0.15, 0.2) is 24.5 Å². The van der Waals surface area contributed by atoms with E-state index in [-0.39, 0.29) is 5.91 Å². The monoisotopic (exact) mass is 166 g/mol. The number of hydrogen-bond donors (Lipinski definition) is 1. The van der Waals surface area contributed by atoms with E-state index in [1.807, 2.05) is 6.07 Å². The molecule has 0 spiro atoms. The van der Waals surface area contributed by atoms with Gasteiger partial charge in [0.15, 0.2) is 0 Å². The number of rotatable bonds is 3. The first-order valence-electron chi connectivity index (χ1n) is 3.53. The second-order valence-electron chi connectivity index (χ2n) is 2.27. The Hall–Kier alpha value is -1.42. The summed E-state index contributed by atoms with van der Waals surface area (Å²) < 4.78 is 0. The molecule has 0 aliphatic carbocycles. The van der Waals surface area contributed by atoms with Gasteiger partial charge in [0.1, 0.15) is 0 Å². The highest BCUT2D eigenvalue weighted by molar-refractivity contribution is 5.77. The molecule has 1 aromatic heterocycles. The van der Waals surface area contributed by atoms with E-state index in [2.05, 4.69) is 15.3 Å². The van der Waals surface area contributed by atoms with Gasteiger partial charge in [-0.1, -0.05) is 6.07 Å². The number of aromatic nitrogens is 1. The van der Waals surface area contributed by atoms with E-state index in [0.717, 1.165) is 5.56 Å². The molecule has 0 saturated heterocycles. The molecule has 0 bridgehead atoms. The fourth-order valence-electron chi connectivity index (χ4n) is 0.838. The van der Waals surface area contributed by atoms with Gasteiger partial charge in [0.05, 0.1) is 13.5 Å². The zero-order chi connectivity index (χ0) is 8.81. The van der Waals surface area contributed by atoms with Gasteiger partial charge in [0, 0.05) is 12.4 Å². The van der Waals surface area contributed by atoms with Crippen LogP contribution in [0.3, 0.4) is 0 Å². The van der Waals surface area contributed by atoms with E-state index in [9.17, 15) is 4.79 Å². The minimum Gasteiger partial charge on any atom is -0.277 e. The molecule has 12 heavy (non-hydrogen) atoms. The Labute approximate surface area is 70.5 Å². The molecule has 1 rings (SSSR count). The Balaban J connectivity index is 2.47. The van der Waals surface area contributed by atoms with Crippen molar-refractivity contribution in [1.29, 1.82) is 0 Å². The maximum atomic E-state index is 10.9. The summed E-state index contributed by atoms with van der Waals surface area (Å²) in [5, 5.41) is 0. The Kier molecular flexibility index (Phi) is 3.22. The summed E-state index contributed by atoms with van der Waals surface area (Å²) in [6, 6.07) is 3.62. The van der Waals surface area contributed by atoms with Gasteiger partial charge < -0.3 is 0 Å². The Morgan fingerprint density at radius 3 is 3.17 bits per heavy atom. The molecule has 0 aromatic carbocycles. The van der Waals surface area contributed by atoms with E-state index in [4.69, 9.17) is 0 Å². The fraction of sp³-hybridized carbons (Fsp3) is 0.250. The number of hydrogen-bond acceptors (Lipinski definition) is 3. The summed E-state index contributed by atoms with van der Waals surface area (Å²) >= 11 is 0. The van der Waals surface area contributed by atoms with Crippen LogP contribution in [0.25, 0.3) is 0 Å². The van der Waals surface area contributed by atoms with Crippen LogP contribution in [0.5, 0.6) is 0 Å². The molecule has 4 heteroatoms. The van der Waals surface area contributed by atoms with Gasteiger partial charge >= 0.3 is 0 Å². The van der Waals surface area contributed by atoms with Gasteiger partial charge in [-0.05, 0) is 11.6 Å². The molecule has 1 heterocycles.